The van der Waals surface area contributed by atoms with Gasteiger partial charge in [-0.15, -0.1) is 0 Å². The zero-order valence-electron chi connectivity index (χ0n) is 10.3. The SMILES string of the molecule is O=C(OC/C=C/c1ccccc1)c1cccc(Br)c1. The molecule has 0 aliphatic carbocycles. The molecule has 0 aromatic heterocycles. The quantitative estimate of drug-likeness (QED) is 0.785. The van der Waals surface area contributed by atoms with Crippen LogP contribution in [-0.4, -0.2) is 12.6 Å². The minimum absolute atomic E-state index is 0.264. The van der Waals surface area contributed by atoms with Crippen LogP contribution < -0.4 is 0 Å². The Morgan fingerprint density at radius 3 is 2.63 bits per heavy atom. The molecule has 0 bridgehead atoms. The van der Waals surface area contributed by atoms with Crippen molar-refractivity contribution in [2.45, 2.75) is 0 Å². The maximum atomic E-state index is 11.7. The normalized spacial score (nSPS) is 10.6. The molecule has 0 unspecified atom stereocenters. The molecule has 0 atom stereocenters. The highest BCUT2D eigenvalue weighted by Crippen LogP contribution is 2.12. The molecule has 2 rings (SSSR count). The van der Waals surface area contributed by atoms with Crippen molar-refractivity contribution in [2.75, 3.05) is 6.61 Å². The van der Waals surface area contributed by atoms with E-state index < -0.39 is 0 Å². The molecule has 0 fully saturated rings. The Balaban J connectivity index is 1.86. The van der Waals surface area contributed by atoms with Crippen molar-refractivity contribution < 1.29 is 9.53 Å². The third-order valence-electron chi connectivity index (χ3n) is 2.48. The van der Waals surface area contributed by atoms with E-state index >= 15 is 0 Å². The second-order valence-corrected chi connectivity index (χ2v) is 4.84. The van der Waals surface area contributed by atoms with Crippen molar-refractivity contribution in [3.05, 3.63) is 76.3 Å². The van der Waals surface area contributed by atoms with Crippen molar-refractivity contribution in [3.8, 4) is 0 Å². The number of esters is 1. The van der Waals surface area contributed by atoms with E-state index in [1.165, 1.54) is 0 Å². The molecule has 0 aliphatic rings. The molecule has 19 heavy (non-hydrogen) atoms. The topological polar surface area (TPSA) is 26.3 Å². The van der Waals surface area contributed by atoms with E-state index in [0.717, 1.165) is 10.0 Å². The molecule has 0 radical (unpaired) electrons. The van der Waals surface area contributed by atoms with Gasteiger partial charge in [0.2, 0.25) is 0 Å². The standard InChI is InChI=1S/C16H13BrO2/c17-15-10-4-9-14(12-15)16(18)19-11-5-8-13-6-2-1-3-7-13/h1-10,12H,11H2/b8-5+. The fraction of sp³-hybridized carbons (Fsp3) is 0.0625. The van der Waals surface area contributed by atoms with E-state index in [-0.39, 0.29) is 12.6 Å². The number of ether oxygens (including phenoxy) is 1. The van der Waals surface area contributed by atoms with Crippen molar-refractivity contribution in [1.82, 2.24) is 0 Å². The molecular weight excluding hydrogens is 304 g/mol. The maximum Gasteiger partial charge on any atom is 0.338 e. The zero-order valence-corrected chi connectivity index (χ0v) is 11.8. The molecule has 0 heterocycles. The summed E-state index contributed by atoms with van der Waals surface area (Å²) in [5, 5.41) is 0. The molecule has 96 valence electrons. The second-order valence-electron chi connectivity index (χ2n) is 3.92. The van der Waals surface area contributed by atoms with Crippen LogP contribution in [0.2, 0.25) is 0 Å². The molecule has 2 aromatic carbocycles. The van der Waals surface area contributed by atoms with Gasteiger partial charge in [-0.05, 0) is 29.8 Å². The van der Waals surface area contributed by atoms with Crippen LogP contribution >= 0.6 is 15.9 Å². The van der Waals surface area contributed by atoms with Gasteiger partial charge in [0.25, 0.3) is 0 Å². The average molecular weight is 317 g/mol. The lowest BCUT2D eigenvalue weighted by molar-refractivity contribution is 0.0550. The van der Waals surface area contributed by atoms with Crippen LogP contribution in [-0.2, 0) is 4.74 Å². The van der Waals surface area contributed by atoms with Crippen molar-refractivity contribution >= 4 is 28.0 Å². The van der Waals surface area contributed by atoms with Crippen molar-refractivity contribution in [3.63, 3.8) is 0 Å². The number of carbonyl (C=O) groups is 1. The Labute approximate surface area is 120 Å². The van der Waals surface area contributed by atoms with Gasteiger partial charge < -0.3 is 4.74 Å². The molecule has 3 heteroatoms. The Morgan fingerprint density at radius 1 is 1.11 bits per heavy atom. The smallest absolute Gasteiger partial charge is 0.338 e. The van der Waals surface area contributed by atoms with Gasteiger partial charge in [0.1, 0.15) is 6.61 Å². The van der Waals surface area contributed by atoms with Gasteiger partial charge in [0.15, 0.2) is 0 Å². The highest BCUT2D eigenvalue weighted by atomic mass is 79.9. The van der Waals surface area contributed by atoms with Crippen LogP contribution in [0, 0.1) is 0 Å². The summed E-state index contributed by atoms with van der Waals surface area (Å²) in [6.45, 7) is 0.264. The summed E-state index contributed by atoms with van der Waals surface area (Å²) in [6, 6.07) is 17.0. The number of hydrogen-bond donors (Lipinski definition) is 0. The Hall–Kier alpha value is -1.87. The van der Waals surface area contributed by atoms with Crippen LogP contribution in [0.3, 0.4) is 0 Å². The molecule has 2 nitrogen and oxygen atoms in total. The van der Waals surface area contributed by atoms with Gasteiger partial charge >= 0.3 is 5.97 Å². The monoisotopic (exact) mass is 316 g/mol. The third kappa shape index (κ3) is 4.38. The zero-order chi connectivity index (χ0) is 13.5. The predicted molar refractivity (Wildman–Crippen MR) is 79.9 cm³/mol. The maximum absolute atomic E-state index is 11.7. The number of halogens is 1. The predicted octanol–water partition coefficient (Wildman–Crippen LogP) is 4.32. The van der Waals surface area contributed by atoms with E-state index in [1.807, 2.05) is 48.6 Å². The van der Waals surface area contributed by atoms with Gasteiger partial charge in [0, 0.05) is 4.47 Å². The Morgan fingerprint density at radius 2 is 1.89 bits per heavy atom. The molecule has 0 spiro atoms. The largest absolute Gasteiger partial charge is 0.458 e. The van der Waals surface area contributed by atoms with Crippen LogP contribution in [0.1, 0.15) is 15.9 Å². The van der Waals surface area contributed by atoms with Crippen LogP contribution in [0.25, 0.3) is 6.08 Å². The Bertz CT molecular complexity index is 576. The van der Waals surface area contributed by atoms with Crippen LogP contribution in [0.4, 0.5) is 0 Å². The first-order chi connectivity index (χ1) is 9.25. The third-order valence-corrected chi connectivity index (χ3v) is 2.97. The minimum Gasteiger partial charge on any atom is -0.458 e. The lowest BCUT2D eigenvalue weighted by Crippen LogP contribution is -2.04. The van der Waals surface area contributed by atoms with Crippen LogP contribution in [0.15, 0.2) is 65.1 Å². The van der Waals surface area contributed by atoms with Crippen molar-refractivity contribution in [1.29, 1.82) is 0 Å². The highest BCUT2D eigenvalue weighted by Gasteiger charge is 2.05. The summed E-state index contributed by atoms with van der Waals surface area (Å²) in [4.78, 5) is 11.7. The van der Waals surface area contributed by atoms with E-state index in [1.54, 1.807) is 18.2 Å². The summed E-state index contributed by atoms with van der Waals surface area (Å²) in [6.07, 6.45) is 3.75. The van der Waals surface area contributed by atoms with Gasteiger partial charge in [-0.2, -0.15) is 0 Å². The van der Waals surface area contributed by atoms with E-state index in [2.05, 4.69) is 15.9 Å². The van der Waals surface area contributed by atoms with Crippen molar-refractivity contribution in [2.24, 2.45) is 0 Å². The molecule has 0 saturated carbocycles. The summed E-state index contributed by atoms with van der Waals surface area (Å²) in [7, 11) is 0. The number of rotatable bonds is 4. The second kappa shape index (κ2) is 6.90. The van der Waals surface area contributed by atoms with E-state index in [0.29, 0.717) is 5.56 Å². The van der Waals surface area contributed by atoms with Gasteiger partial charge in [-0.1, -0.05) is 58.4 Å². The van der Waals surface area contributed by atoms with Gasteiger partial charge in [0.05, 0.1) is 5.56 Å². The lowest BCUT2D eigenvalue weighted by atomic mass is 10.2. The number of carbonyl (C=O) groups excluding carboxylic acids is 1. The number of benzene rings is 2. The average Bonchev–Trinajstić information content (AvgIpc) is 2.44. The molecule has 2 aromatic rings. The first-order valence-electron chi connectivity index (χ1n) is 5.90. The van der Waals surface area contributed by atoms with Crippen LogP contribution in [0.5, 0.6) is 0 Å². The summed E-state index contributed by atoms with van der Waals surface area (Å²) >= 11 is 3.32. The molecule has 0 amide bonds. The molecule has 0 saturated heterocycles. The first kappa shape index (κ1) is 13.6. The number of hydrogen-bond acceptors (Lipinski definition) is 2. The van der Waals surface area contributed by atoms with E-state index in [4.69, 9.17) is 4.74 Å². The fourth-order valence-corrected chi connectivity index (χ4v) is 1.97. The first-order valence-corrected chi connectivity index (χ1v) is 6.69. The summed E-state index contributed by atoms with van der Waals surface area (Å²) in [5.41, 5.74) is 1.63. The lowest BCUT2D eigenvalue weighted by Gasteiger charge is -2.02. The van der Waals surface area contributed by atoms with E-state index in [9.17, 15) is 4.79 Å². The molecule has 0 aliphatic heterocycles. The van der Waals surface area contributed by atoms with Gasteiger partial charge in [-0.25, -0.2) is 4.79 Å². The Kier molecular flexibility index (Phi) is 4.93. The summed E-state index contributed by atoms with van der Waals surface area (Å²) < 4.78 is 6.02. The molecular formula is C16H13BrO2. The summed E-state index contributed by atoms with van der Waals surface area (Å²) in [5.74, 6) is -0.320. The minimum atomic E-state index is -0.320. The van der Waals surface area contributed by atoms with Gasteiger partial charge in [-0.3, -0.25) is 0 Å². The molecule has 0 N–H and O–H groups in total. The highest BCUT2D eigenvalue weighted by molar-refractivity contribution is 9.10. The fourth-order valence-electron chi connectivity index (χ4n) is 1.57.